The van der Waals surface area contributed by atoms with E-state index in [1.807, 2.05) is 11.4 Å². The van der Waals surface area contributed by atoms with Crippen LogP contribution < -0.4 is 5.32 Å². The van der Waals surface area contributed by atoms with Gasteiger partial charge in [0.1, 0.15) is 5.82 Å². The van der Waals surface area contributed by atoms with Crippen LogP contribution in [-0.2, 0) is 16.4 Å². The minimum absolute atomic E-state index is 0.0999. The Morgan fingerprint density at radius 2 is 2.11 bits per heavy atom. The molecule has 2 rings (SSSR count). The van der Waals surface area contributed by atoms with E-state index in [1.54, 1.807) is 0 Å². The lowest BCUT2D eigenvalue weighted by atomic mass is 10.3. The predicted octanol–water partition coefficient (Wildman–Crippen LogP) is 3.67. The van der Waals surface area contributed by atoms with E-state index in [2.05, 4.69) is 21.2 Å². The third kappa shape index (κ3) is 3.77. The highest BCUT2D eigenvalue weighted by Crippen LogP contribution is 2.23. The Hall–Kier alpha value is -0.920. The van der Waals surface area contributed by atoms with E-state index in [-0.39, 0.29) is 10.6 Å². The molecule has 0 radical (unpaired) electrons. The summed E-state index contributed by atoms with van der Waals surface area (Å²) in [5, 5.41) is 4.84. The Kier molecular flexibility index (Phi) is 4.27. The third-order valence-electron chi connectivity index (χ3n) is 2.47. The molecule has 3 nitrogen and oxygen atoms in total. The molecule has 0 amide bonds. The maximum absolute atomic E-state index is 13.6. The van der Waals surface area contributed by atoms with Gasteiger partial charge in [-0.15, -0.1) is 11.3 Å². The lowest BCUT2D eigenvalue weighted by Gasteiger charge is -2.08. The Bertz CT molecular complexity index is 698. The van der Waals surface area contributed by atoms with Crippen LogP contribution in [0.2, 0.25) is 0 Å². The van der Waals surface area contributed by atoms with Crippen molar-refractivity contribution in [1.29, 1.82) is 0 Å². The molecule has 102 valence electrons. The molecule has 0 atom stereocenters. The van der Waals surface area contributed by atoms with E-state index in [0.29, 0.717) is 6.54 Å². The second-order valence-electron chi connectivity index (χ2n) is 4.03. The predicted molar refractivity (Wildman–Crippen MR) is 78.9 cm³/mol. The molecule has 0 bridgehead atoms. The van der Waals surface area contributed by atoms with Crippen LogP contribution in [0.4, 0.5) is 10.1 Å². The molecule has 0 unspecified atom stereocenters. The second kappa shape index (κ2) is 5.60. The minimum atomic E-state index is -3.33. The number of rotatable bonds is 4. The molecule has 0 aliphatic carbocycles. The first-order valence-electron chi connectivity index (χ1n) is 5.32. The molecule has 0 fully saturated rings. The minimum Gasteiger partial charge on any atom is -0.379 e. The van der Waals surface area contributed by atoms with Crippen molar-refractivity contribution in [3.8, 4) is 0 Å². The van der Waals surface area contributed by atoms with Crippen molar-refractivity contribution in [3.63, 3.8) is 0 Å². The van der Waals surface area contributed by atoms with Crippen LogP contribution in [0.15, 0.2) is 38.3 Å². The summed E-state index contributed by atoms with van der Waals surface area (Å²) < 4.78 is 37.4. The van der Waals surface area contributed by atoms with Crippen LogP contribution >= 0.6 is 27.3 Å². The van der Waals surface area contributed by atoms with E-state index >= 15 is 0 Å². The van der Waals surface area contributed by atoms with E-state index in [4.69, 9.17) is 0 Å². The van der Waals surface area contributed by atoms with E-state index in [9.17, 15) is 12.8 Å². The van der Waals surface area contributed by atoms with E-state index < -0.39 is 15.7 Å². The zero-order valence-electron chi connectivity index (χ0n) is 9.98. The molecule has 2 aromatic rings. The van der Waals surface area contributed by atoms with Gasteiger partial charge in [-0.3, -0.25) is 0 Å². The number of sulfone groups is 1. The molecular weight excluding hydrogens is 353 g/mol. The average molecular weight is 364 g/mol. The van der Waals surface area contributed by atoms with Gasteiger partial charge in [-0.1, -0.05) is 0 Å². The van der Waals surface area contributed by atoms with Crippen molar-refractivity contribution in [1.82, 2.24) is 0 Å². The standard InChI is InChI=1S/C12H11BrFNO2S2/c1-19(16,17)9-2-3-10(14)11(5-9)15-6-8-4-12(13)18-7-8/h2-5,7,15H,6H2,1H3. The van der Waals surface area contributed by atoms with Crippen molar-refractivity contribution in [2.75, 3.05) is 11.6 Å². The van der Waals surface area contributed by atoms with Crippen LogP contribution in [0.5, 0.6) is 0 Å². The van der Waals surface area contributed by atoms with Gasteiger partial charge in [-0.2, -0.15) is 0 Å². The van der Waals surface area contributed by atoms with Gasteiger partial charge in [0, 0.05) is 12.8 Å². The largest absolute Gasteiger partial charge is 0.379 e. The van der Waals surface area contributed by atoms with E-state index in [0.717, 1.165) is 21.7 Å². The van der Waals surface area contributed by atoms with Crippen LogP contribution in [0.25, 0.3) is 0 Å². The monoisotopic (exact) mass is 363 g/mol. The molecule has 7 heteroatoms. The number of hydrogen-bond donors (Lipinski definition) is 1. The third-order valence-corrected chi connectivity index (χ3v) is 5.13. The van der Waals surface area contributed by atoms with Crippen LogP contribution in [0.1, 0.15) is 5.56 Å². The molecule has 1 N–H and O–H groups in total. The zero-order chi connectivity index (χ0) is 14.0. The zero-order valence-corrected chi connectivity index (χ0v) is 13.2. The van der Waals surface area contributed by atoms with Gasteiger partial charge in [0.2, 0.25) is 0 Å². The van der Waals surface area contributed by atoms with Crippen molar-refractivity contribution >= 4 is 42.8 Å². The van der Waals surface area contributed by atoms with Crippen molar-refractivity contribution in [2.45, 2.75) is 11.4 Å². The van der Waals surface area contributed by atoms with Gasteiger partial charge in [-0.05, 0) is 51.1 Å². The fourth-order valence-corrected chi connectivity index (χ4v) is 3.36. The molecule has 0 aliphatic heterocycles. The first-order chi connectivity index (χ1) is 8.86. The molecule has 1 aromatic carbocycles. The van der Waals surface area contributed by atoms with Gasteiger partial charge in [-0.25, -0.2) is 12.8 Å². The van der Waals surface area contributed by atoms with Gasteiger partial charge in [0.05, 0.1) is 14.4 Å². The van der Waals surface area contributed by atoms with Gasteiger partial charge < -0.3 is 5.32 Å². The first-order valence-corrected chi connectivity index (χ1v) is 8.89. The summed E-state index contributed by atoms with van der Waals surface area (Å²) in [6.07, 6.45) is 1.10. The Labute approximate surface area is 123 Å². The summed E-state index contributed by atoms with van der Waals surface area (Å²) in [4.78, 5) is 0.0999. The van der Waals surface area contributed by atoms with Crippen LogP contribution in [0, 0.1) is 5.82 Å². The highest BCUT2D eigenvalue weighted by Gasteiger charge is 2.11. The molecule has 19 heavy (non-hydrogen) atoms. The maximum Gasteiger partial charge on any atom is 0.175 e. The summed E-state index contributed by atoms with van der Waals surface area (Å²) in [6.45, 7) is 0.437. The summed E-state index contributed by atoms with van der Waals surface area (Å²) in [5.41, 5.74) is 1.19. The molecule has 1 heterocycles. The summed E-state index contributed by atoms with van der Waals surface area (Å²) in [7, 11) is -3.33. The van der Waals surface area contributed by atoms with E-state index in [1.165, 1.54) is 23.5 Å². The smallest absolute Gasteiger partial charge is 0.175 e. The van der Waals surface area contributed by atoms with Crippen molar-refractivity contribution < 1.29 is 12.8 Å². The van der Waals surface area contributed by atoms with Crippen molar-refractivity contribution in [2.24, 2.45) is 0 Å². The van der Waals surface area contributed by atoms with Crippen LogP contribution in [-0.4, -0.2) is 14.7 Å². The molecular formula is C12H11BrFNO2S2. The Morgan fingerprint density at radius 1 is 1.37 bits per heavy atom. The number of hydrogen-bond acceptors (Lipinski definition) is 4. The quantitative estimate of drug-likeness (QED) is 0.843. The first kappa shape index (κ1) is 14.5. The molecule has 1 aromatic heterocycles. The molecule has 0 saturated carbocycles. The average Bonchev–Trinajstić information content (AvgIpc) is 2.72. The summed E-state index contributed by atoms with van der Waals surface area (Å²) in [6, 6.07) is 5.65. The lowest BCUT2D eigenvalue weighted by molar-refractivity contribution is 0.600. The highest BCUT2D eigenvalue weighted by molar-refractivity contribution is 9.11. The Balaban J connectivity index is 2.20. The number of halogens is 2. The summed E-state index contributed by atoms with van der Waals surface area (Å²) in [5.74, 6) is -0.471. The second-order valence-corrected chi connectivity index (χ2v) is 8.33. The van der Waals surface area contributed by atoms with Gasteiger partial charge >= 0.3 is 0 Å². The topological polar surface area (TPSA) is 46.2 Å². The van der Waals surface area contributed by atoms with Gasteiger partial charge in [0.25, 0.3) is 0 Å². The molecule has 0 spiro atoms. The van der Waals surface area contributed by atoms with Crippen LogP contribution in [0.3, 0.4) is 0 Å². The summed E-state index contributed by atoms with van der Waals surface area (Å²) >= 11 is 4.89. The van der Waals surface area contributed by atoms with Crippen molar-refractivity contribution in [3.05, 3.63) is 44.8 Å². The fourth-order valence-electron chi connectivity index (χ4n) is 1.51. The SMILES string of the molecule is CS(=O)(=O)c1ccc(F)c(NCc2csc(Br)c2)c1. The maximum atomic E-state index is 13.6. The Morgan fingerprint density at radius 3 is 2.68 bits per heavy atom. The number of anilines is 1. The molecule has 0 saturated heterocycles. The number of thiophene rings is 1. The normalized spacial score (nSPS) is 11.5. The van der Waals surface area contributed by atoms with Gasteiger partial charge in [0.15, 0.2) is 9.84 Å². The molecule has 0 aliphatic rings. The lowest BCUT2D eigenvalue weighted by Crippen LogP contribution is -2.03. The highest BCUT2D eigenvalue weighted by atomic mass is 79.9. The number of nitrogens with one attached hydrogen (secondary N) is 1. The fraction of sp³-hybridized carbons (Fsp3) is 0.167. The number of benzene rings is 1.